The molecule has 0 radical (unpaired) electrons. The quantitative estimate of drug-likeness (QED) is 0.164. The van der Waals surface area contributed by atoms with Gasteiger partial charge >= 0.3 is 175 Å². The van der Waals surface area contributed by atoms with E-state index in [4.69, 9.17) is 0 Å². The number of fused-ring (bicyclic) bond motifs is 2. The maximum atomic E-state index is 14.5. The molecule has 14 heteroatoms. The van der Waals surface area contributed by atoms with Gasteiger partial charge in [-0.3, -0.25) is 0 Å². The monoisotopic (exact) mass is 871 g/mol. The molecular weight excluding hydrogens is 871 g/mol. The van der Waals surface area contributed by atoms with E-state index < -0.39 is 88.5 Å². The van der Waals surface area contributed by atoms with E-state index in [0.717, 1.165) is 0 Å². The van der Waals surface area contributed by atoms with Gasteiger partial charge in [-0.15, -0.1) is 0 Å². The Balaban J connectivity index is 2.64. The van der Waals surface area contributed by atoms with Crippen molar-refractivity contribution in [3.63, 3.8) is 0 Å². The maximum absolute atomic E-state index is 14.5. The molecule has 0 amide bonds. The second kappa shape index (κ2) is 6.97. The molecule has 1 aliphatic heterocycles. The SMILES string of the molecule is Fc1c(F)c(F)c2c(c1F)[Te](Br)(Br)c1c(F)c(F)c(F)c(F)c1[Te]2(Br)Br. The van der Waals surface area contributed by atoms with Gasteiger partial charge in [0, 0.05) is 0 Å². The number of benzene rings is 2. The summed E-state index contributed by atoms with van der Waals surface area (Å²) in [5, 5.41) is 0. The van der Waals surface area contributed by atoms with E-state index in [9.17, 15) is 35.1 Å². The summed E-state index contributed by atoms with van der Waals surface area (Å²) in [7, 11) is 0. The second-order valence-corrected chi connectivity index (χ2v) is 52.5. The zero-order valence-electron chi connectivity index (χ0n) is 11.4. The van der Waals surface area contributed by atoms with Gasteiger partial charge in [-0.2, -0.15) is 0 Å². The Morgan fingerprint density at radius 3 is 0.654 bits per heavy atom. The van der Waals surface area contributed by atoms with Crippen LogP contribution in [0.4, 0.5) is 35.1 Å². The van der Waals surface area contributed by atoms with Crippen LogP contribution in [-0.4, -0.2) is 27.5 Å². The van der Waals surface area contributed by atoms with E-state index in [-0.39, 0.29) is 0 Å². The first kappa shape index (κ1) is 22.1. The number of rotatable bonds is 0. The van der Waals surface area contributed by atoms with Crippen LogP contribution in [0.2, 0.25) is 0 Å². The average molecular weight is 871 g/mol. The molecule has 0 fully saturated rings. The van der Waals surface area contributed by atoms with Gasteiger partial charge in [-0.05, 0) is 0 Å². The van der Waals surface area contributed by atoms with Crippen molar-refractivity contribution < 1.29 is 35.1 Å². The molecule has 144 valence electrons. The fourth-order valence-corrected chi connectivity index (χ4v) is 54.5. The van der Waals surface area contributed by atoms with Crippen LogP contribution in [0, 0.1) is 46.5 Å². The van der Waals surface area contributed by atoms with Crippen LogP contribution in [0.15, 0.2) is 0 Å². The minimum absolute atomic E-state index is 0.768. The summed E-state index contributed by atoms with van der Waals surface area (Å²) in [5.41, 5.74) is 0. The van der Waals surface area contributed by atoms with Crippen LogP contribution in [0.1, 0.15) is 0 Å². The fraction of sp³-hybridized carbons (Fsp3) is 0. The topological polar surface area (TPSA) is 0 Å². The number of hydrogen-bond acceptors (Lipinski definition) is 0. The summed E-state index contributed by atoms with van der Waals surface area (Å²) in [5.74, 6) is -15.9. The van der Waals surface area contributed by atoms with Gasteiger partial charge < -0.3 is 0 Å². The van der Waals surface area contributed by atoms with Crippen molar-refractivity contribution in [1.29, 1.82) is 0 Å². The van der Waals surface area contributed by atoms with Crippen LogP contribution in [0.5, 0.6) is 0 Å². The first-order valence-electron chi connectivity index (χ1n) is 5.95. The van der Waals surface area contributed by atoms with Crippen LogP contribution in [-0.2, 0) is 0 Å². The molecule has 26 heavy (non-hydrogen) atoms. The molecule has 0 saturated heterocycles. The molecule has 3 rings (SSSR count). The van der Waals surface area contributed by atoms with Crippen molar-refractivity contribution >= 4 is 93.0 Å². The van der Waals surface area contributed by atoms with Crippen molar-refractivity contribution in [1.82, 2.24) is 0 Å². The molecule has 1 heterocycles. The minimum atomic E-state index is -4.88. The van der Waals surface area contributed by atoms with Gasteiger partial charge in [0.25, 0.3) is 0 Å². The van der Waals surface area contributed by atoms with Gasteiger partial charge in [0.15, 0.2) is 0 Å². The Kier molecular flexibility index (Phi) is 5.92. The zero-order valence-corrected chi connectivity index (χ0v) is 22.4. The standard InChI is InChI=1S/C12Br4F8Te2/c13-25(14)9-5(21)1(17)2(18)6(22)10(9)26(15,16)12-8(24)4(20)3(19)7(23)11(12)25. The molecule has 0 aliphatic carbocycles. The molecule has 0 spiro atoms. The third-order valence-electron chi connectivity index (χ3n) is 3.39. The molecule has 2 aromatic carbocycles. The van der Waals surface area contributed by atoms with Gasteiger partial charge in [-0.1, -0.05) is 0 Å². The Bertz CT molecular complexity index is 841. The van der Waals surface area contributed by atoms with E-state index in [2.05, 4.69) is 51.0 Å². The summed E-state index contributed by atoms with van der Waals surface area (Å²) < 4.78 is 110. The molecule has 0 atom stereocenters. The molecule has 0 saturated carbocycles. The summed E-state index contributed by atoms with van der Waals surface area (Å²) in [6.45, 7) is 0. The van der Waals surface area contributed by atoms with E-state index in [1.807, 2.05) is 0 Å². The van der Waals surface area contributed by atoms with E-state index in [1.165, 1.54) is 0 Å². The summed E-state index contributed by atoms with van der Waals surface area (Å²) >= 11 is 1.98. The van der Waals surface area contributed by atoms with Crippen LogP contribution < -0.4 is 14.4 Å². The third-order valence-corrected chi connectivity index (χ3v) is 33.5. The van der Waals surface area contributed by atoms with Gasteiger partial charge in [-0.25, -0.2) is 0 Å². The van der Waals surface area contributed by atoms with Crippen molar-refractivity contribution in [3.05, 3.63) is 46.5 Å². The van der Waals surface area contributed by atoms with E-state index >= 15 is 0 Å². The predicted octanol–water partition coefficient (Wildman–Crippen LogP) is 3.81. The van der Waals surface area contributed by atoms with Crippen molar-refractivity contribution in [3.8, 4) is 0 Å². The average Bonchev–Trinajstić information content (AvgIpc) is 2.55. The third kappa shape index (κ3) is 2.80. The summed E-state index contributed by atoms with van der Waals surface area (Å²) in [6, 6.07) is 0. The van der Waals surface area contributed by atoms with Crippen molar-refractivity contribution in [2.75, 3.05) is 0 Å². The normalized spacial score (nSPS) is 19.5. The molecule has 0 aromatic heterocycles. The molecule has 2 aromatic rings. The Morgan fingerprint density at radius 1 is 0.346 bits per heavy atom. The summed E-state index contributed by atoms with van der Waals surface area (Å²) in [4.78, 5) is 0. The Labute approximate surface area is 172 Å². The fourth-order valence-electron chi connectivity index (χ4n) is 2.30. The molecule has 0 bridgehead atoms. The zero-order chi connectivity index (χ0) is 19.9. The number of halogens is 12. The van der Waals surface area contributed by atoms with Crippen LogP contribution in [0.25, 0.3) is 0 Å². The van der Waals surface area contributed by atoms with Crippen LogP contribution >= 0.6 is 51.0 Å². The van der Waals surface area contributed by atoms with Crippen LogP contribution in [0.3, 0.4) is 0 Å². The van der Waals surface area contributed by atoms with Crippen molar-refractivity contribution in [2.45, 2.75) is 0 Å². The number of hydrogen-bond donors (Lipinski definition) is 0. The van der Waals surface area contributed by atoms with E-state index in [1.54, 1.807) is 0 Å². The molecular formula is C12Br4F8Te2. The molecule has 0 N–H and O–H groups in total. The first-order chi connectivity index (χ1) is 11.8. The molecule has 1 aliphatic rings. The second-order valence-electron chi connectivity index (χ2n) is 4.77. The van der Waals surface area contributed by atoms with Gasteiger partial charge in [0.05, 0.1) is 0 Å². The molecule has 0 nitrogen and oxygen atoms in total. The van der Waals surface area contributed by atoms with Gasteiger partial charge in [0.1, 0.15) is 0 Å². The molecule has 0 unspecified atom stereocenters. The summed E-state index contributed by atoms with van der Waals surface area (Å²) in [6.07, 6.45) is 0. The Hall–Kier alpha value is 1.38. The van der Waals surface area contributed by atoms with E-state index in [0.29, 0.717) is 0 Å². The van der Waals surface area contributed by atoms with Gasteiger partial charge in [0.2, 0.25) is 0 Å². The van der Waals surface area contributed by atoms with Crippen molar-refractivity contribution in [2.24, 2.45) is 0 Å². The first-order valence-corrected chi connectivity index (χ1v) is 31.5. The Morgan fingerprint density at radius 2 is 0.500 bits per heavy atom. The predicted molar refractivity (Wildman–Crippen MR) is 98.3 cm³/mol.